The first-order valence-corrected chi connectivity index (χ1v) is 12.8. The van der Waals surface area contributed by atoms with Gasteiger partial charge in [-0.1, -0.05) is 65.0 Å². The minimum Gasteiger partial charge on any atom is -0.391 e. The van der Waals surface area contributed by atoms with Crippen molar-refractivity contribution >= 4 is 17.7 Å². The van der Waals surface area contributed by atoms with Crippen molar-refractivity contribution in [3.8, 4) is 0 Å². The third-order valence-corrected chi connectivity index (χ3v) is 6.50. The van der Waals surface area contributed by atoms with E-state index >= 15 is 0 Å². The van der Waals surface area contributed by atoms with Crippen LogP contribution in [-0.4, -0.2) is 64.8 Å². The average molecular weight is 507 g/mol. The molecular formula is C27H46N4O5. The van der Waals surface area contributed by atoms with Gasteiger partial charge in [-0.2, -0.15) is 0 Å². The fraction of sp³-hybridized carbons (Fsp3) is 0.667. The number of carbonyl (C=O) groups is 3. The van der Waals surface area contributed by atoms with Crippen molar-refractivity contribution in [1.29, 1.82) is 0 Å². The molecule has 0 fully saturated rings. The predicted octanol–water partition coefficient (Wildman–Crippen LogP) is 1.26. The number of carbonyl (C=O) groups excluding carboxylic acids is 3. The van der Waals surface area contributed by atoms with E-state index in [1.54, 1.807) is 0 Å². The van der Waals surface area contributed by atoms with E-state index in [0.29, 0.717) is 6.42 Å². The molecular weight excluding hydrogens is 460 g/mol. The van der Waals surface area contributed by atoms with Gasteiger partial charge in [0.15, 0.2) is 0 Å². The van der Waals surface area contributed by atoms with Gasteiger partial charge in [0.05, 0.1) is 24.2 Å². The normalized spacial score (nSPS) is 15.9. The van der Waals surface area contributed by atoms with E-state index in [-0.39, 0.29) is 30.8 Å². The topological polar surface area (TPSA) is 154 Å². The Morgan fingerprint density at radius 3 is 2.06 bits per heavy atom. The Morgan fingerprint density at radius 2 is 1.56 bits per heavy atom. The first-order chi connectivity index (χ1) is 16.8. The van der Waals surface area contributed by atoms with E-state index in [2.05, 4.69) is 16.0 Å². The molecule has 3 amide bonds. The third kappa shape index (κ3) is 10.6. The summed E-state index contributed by atoms with van der Waals surface area (Å²) in [6.45, 7) is 11.0. The molecule has 0 heterocycles. The standard InChI is InChI=1S/C27H46N4O5/c1-7-19(8-2)30-23(34)15-20(27(4,5)6)25(35)29-16-22(33)21(14-18-12-10-9-11-13-18)31-26(36)24(28)17(3)32/h9-13,17,19-22,24,32-33H,7-8,14-16,28H2,1-6H3,(H,29,35)(H,30,34)(H,31,36)/t17-,20-,21+,22-,24+/m1/s1. The summed E-state index contributed by atoms with van der Waals surface area (Å²) in [7, 11) is 0. The molecule has 0 saturated carbocycles. The number of aliphatic hydroxyl groups is 2. The lowest BCUT2D eigenvalue weighted by Crippen LogP contribution is -2.56. The van der Waals surface area contributed by atoms with E-state index in [9.17, 15) is 24.6 Å². The van der Waals surface area contributed by atoms with Gasteiger partial charge < -0.3 is 31.9 Å². The van der Waals surface area contributed by atoms with Crippen molar-refractivity contribution in [1.82, 2.24) is 16.0 Å². The van der Waals surface area contributed by atoms with Gasteiger partial charge in [0, 0.05) is 19.0 Å². The maximum absolute atomic E-state index is 13.1. The molecule has 0 aliphatic rings. The SMILES string of the molecule is CCC(CC)NC(=O)C[C@H](C(=O)NC[C@@H](O)[C@H](Cc1ccccc1)NC(=O)[C@@H](N)[C@@H](C)O)C(C)(C)C. The molecule has 0 aliphatic heterocycles. The van der Waals surface area contributed by atoms with Gasteiger partial charge in [0.25, 0.3) is 0 Å². The number of benzene rings is 1. The number of amides is 3. The minimum absolute atomic E-state index is 0.0371. The summed E-state index contributed by atoms with van der Waals surface area (Å²) < 4.78 is 0. The number of hydrogen-bond acceptors (Lipinski definition) is 6. The molecule has 1 aromatic carbocycles. The van der Waals surface area contributed by atoms with Crippen LogP contribution in [0.25, 0.3) is 0 Å². The van der Waals surface area contributed by atoms with Crippen LogP contribution < -0.4 is 21.7 Å². The summed E-state index contributed by atoms with van der Waals surface area (Å²) in [5, 5.41) is 29.0. The Morgan fingerprint density at radius 1 is 0.972 bits per heavy atom. The van der Waals surface area contributed by atoms with Crippen molar-refractivity contribution in [3.63, 3.8) is 0 Å². The summed E-state index contributed by atoms with van der Waals surface area (Å²) in [6, 6.07) is 7.47. The Balaban J connectivity index is 2.92. The van der Waals surface area contributed by atoms with E-state index < -0.39 is 41.5 Å². The van der Waals surface area contributed by atoms with E-state index in [0.717, 1.165) is 18.4 Å². The molecule has 0 saturated heterocycles. The highest BCUT2D eigenvalue weighted by atomic mass is 16.3. The Bertz CT molecular complexity index is 821. The fourth-order valence-corrected chi connectivity index (χ4v) is 3.88. The lowest BCUT2D eigenvalue weighted by Gasteiger charge is -2.31. The van der Waals surface area contributed by atoms with Gasteiger partial charge in [-0.15, -0.1) is 0 Å². The number of nitrogens with one attached hydrogen (secondary N) is 3. The zero-order valence-corrected chi connectivity index (χ0v) is 22.6. The zero-order valence-electron chi connectivity index (χ0n) is 22.6. The van der Waals surface area contributed by atoms with Crippen molar-refractivity contribution in [2.24, 2.45) is 17.1 Å². The molecule has 9 heteroatoms. The number of nitrogens with two attached hydrogens (primary N) is 1. The molecule has 0 bridgehead atoms. The number of hydrogen-bond donors (Lipinski definition) is 6. The summed E-state index contributed by atoms with van der Waals surface area (Å²) in [5.41, 5.74) is 6.16. The largest absolute Gasteiger partial charge is 0.391 e. The van der Waals surface area contributed by atoms with Gasteiger partial charge in [-0.25, -0.2) is 0 Å². The molecule has 0 radical (unpaired) electrons. The van der Waals surface area contributed by atoms with Crippen LogP contribution in [0.4, 0.5) is 0 Å². The van der Waals surface area contributed by atoms with Gasteiger partial charge in [-0.3, -0.25) is 14.4 Å². The van der Waals surface area contributed by atoms with Crippen molar-refractivity contribution in [2.75, 3.05) is 6.54 Å². The fourth-order valence-electron chi connectivity index (χ4n) is 3.88. The lowest BCUT2D eigenvalue weighted by atomic mass is 9.78. The molecule has 0 unspecified atom stereocenters. The van der Waals surface area contributed by atoms with Crippen LogP contribution in [0.5, 0.6) is 0 Å². The maximum atomic E-state index is 13.1. The van der Waals surface area contributed by atoms with Crippen LogP contribution in [0, 0.1) is 11.3 Å². The van der Waals surface area contributed by atoms with Crippen LogP contribution in [0.15, 0.2) is 30.3 Å². The van der Waals surface area contributed by atoms with Crippen molar-refractivity contribution < 1.29 is 24.6 Å². The molecule has 7 N–H and O–H groups in total. The minimum atomic E-state index is -1.15. The van der Waals surface area contributed by atoms with Crippen LogP contribution in [0.2, 0.25) is 0 Å². The van der Waals surface area contributed by atoms with Crippen LogP contribution in [-0.2, 0) is 20.8 Å². The molecule has 0 aromatic heterocycles. The molecule has 1 aromatic rings. The summed E-state index contributed by atoms with van der Waals surface area (Å²) in [6.07, 6.45) is -0.218. The van der Waals surface area contributed by atoms with Crippen LogP contribution in [0.3, 0.4) is 0 Å². The first kappa shape index (κ1) is 31.5. The van der Waals surface area contributed by atoms with Gasteiger partial charge in [0.2, 0.25) is 17.7 Å². The highest BCUT2D eigenvalue weighted by Crippen LogP contribution is 2.29. The maximum Gasteiger partial charge on any atom is 0.239 e. The van der Waals surface area contributed by atoms with Crippen LogP contribution in [0.1, 0.15) is 66.4 Å². The van der Waals surface area contributed by atoms with E-state index in [1.807, 2.05) is 65.0 Å². The Kier molecular flexibility index (Phi) is 13.1. The average Bonchev–Trinajstić information content (AvgIpc) is 2.82. The summed E-state index contributed by atoms with van der Waals surface area (Å²) >= 11 is 0. The van der Waals surface area contributed by atoms with Crippen LogP contribution >= 0.6 is 0 Å². The van der Waals surface area contributed by atoms with Gasteiger partial charge >= 0.3 is 0 Å². The molecule has 9 nitrogen and oxygen atoms in total. The molecule has 5 atom stereocenters. The Labute approximate surface area is 215 Å². The van der Waals surface area contributed by atoms with Gasteiger partial charge in [-0.05, 0) is 37.2 Å². The number of rotatable bonds is 14. The number of aliphatic hydroxyl groups excluding tert-OH is 2. The quantitative estimate of drug-likeness (QED) is 0.223. The van der Waals surface area contributed by atoms with Crippen molar-refractivity contribution in [2.45, 2.75) is 97.6 Å². The second-order valence-corrected chi connectivity index (χ2v) is 10.6. The highest BCUT2D eigenvalue weighted by Gasteiger charge is 2.34. The molecule has 36 heavy (non-hydrogen) atoms. The van der Waals surface area contributed by atoms with E-state index in [4.69, 9.17) is 5.73 Å². The monoisotopic (exact) mass is 506 g/mol. The van der Waals surface area contributed by atoms with Crippen molar-refractivity contribution in [3.05, 3.63) is 35.9 Å². The zero-order chi connectivity index (χ0) is 27.5. The molecule has 204 valence electrons. The molecule has 1 rings (SSSR count). The first-order valence-electron chi connectivity index (χ1n) is 12.8. The molecule has 0 spiro atoms. The highest BCUT2D eigenvalue weighted by molar-refractivity contribution is 5.86. The second kappa shape index (κ2) is 14.9. The van der Waals surface area contributed by atoms with Gasteiger partial charge in [0.1, 0.15) is 6.04 Å². The lowest BCUT2D eigenvalue weighted by molar-refractivity contribution is -0.134. The smallest absolute Gasteiger partial charge is 0.239 e. The summed E-state index contributed by atoms with van der Waals surface area (Å²) in [4.78, 5) is 38.2. The second-order valence-electron chi connectivity index (χ2n) is 10.6. The Hall–Kier alpha value is -2.49. The predicted molar refractivity (Wildman–Crippen MR) is 141 cm³/mol. The van der Waals surface area contributed by atoms with E-state index in [1.165, 1.54) is 6.92 Å². The molecule has 0 aliphatic carbocycles. The third-order valence-electron chi connectivity index (χ3n) is 6.50. The summed E-state index contributed by atoms with van der Waals surface area (Å²) in [5.74, 6) is -1.72.